The van der Waals surface area contributed by atoms with Crippen molar-refractivity contribution in [2.24, 2.45) is 0 Å². The molecule has 48 valence electrons. The van der Waals surface area contributed by atoms with Gasteiger partial charge in [-0.3, -0.25) is 0 Å². The summed E-state index contributed by atoms with van der Waals surface area (Å²) in [7, 11) is 0. The highest BCUT2D eigenvalue weighted by Gasteiger charge is 1.97. The summed E-state index contributed by atoms with van der Waals surface area (Å²) in [6.45, 7) is 0. The molecule has 0 amide bonds. The number of nitrogens with one attached hydrogen (secondary N) is 1. The summed E-state index contributed by atoms with van der Waals surface area (Å²) in [6.07, 6.45) is 4.39. The molecule has 3 heteroatoms. The number of hydrogen-bond acceptors (Lipinski definition) is 2. The fourth-order valence-corrected chi connectivity index (χ4v) is 1.32. The number of imidazole rings is 1. The molecule has 0 aromatic carbocycles. The van der Waals surface area contributed by atoms with Crippen molar-refractivity contribution in [2.75, 3.05) is 0 Å². The van der Waals surface area contributed by atoms with Gasteiger partial charge in [-0.2, -0.15) is 0 Å². The van der Waals surface area contributed by atoms with Crippen LogP contribution in [-0.2, 0) is 0 Å². The summed E-state index contributed by atoms with van der Waals surface area (Å²) in [5, 5.41) is 2.99. The highest BCUT2D eigenvalue weighted by molar-refractivity contribution is 7.13. The predicted molar refractivity (Wildman–Crippen MR) is 39.6 cm³/mol. The van der Waals surface area contributed by atoms with Crippen LogP contribution in [0.1, 0.15) is 0 Å². The van der Waals surface area contributed by atoms with Crippen LogP contribution in [0.3, 0.4) is 0 Å². The lowest BCUT2D eigenvalue weighted by Crippen LogP contribution is -1.71. The van der Waals surface area contributed by atoms with E-state index >= 15 is 0 Å². The molecule has 0 unspecified atom stereocenters. The number of thiophene rings is 1. The van der Waals surface area contributed by atoms with Crippen molar-refractivity contribution in [3.8, 4) is 10.7 Å². The average Bonchev–Trinajstić information content (AvgIpc) is 2.59. The van der Waals surface area contributed by atoms with E-state index in [2.05, 4.69) is 21.5 Å². The summed E-state index contributed by atoms with van der Waals surface area (Å²) in [5.41, 5.74) is 0. The molecule has 2 aromatic heterocycles. The van der Waals surface area contributed by atoms with Crippen LogP contribution in [0.4, 0.5) is 0 Å². The lowest BCUT2D eigenvalue weighted by Gasteiger charge is -1.84. The lowest BCUT2D eigenvalue weighted by atomic mass is 10.4. The molecule has 1 N–H and O–H groups in total. The summed E-state index contributed by atoms with van der Waals surface area (Å²) >= 11 is 1.54. The molecule has 2 rings (SSSR count). The standard InChI is InChI=1S/C7H4N2S/c1-2-6(10-5-1)7-8-3-4-9-7/h1-3H,(H,8,9). The Labute approximate surface area is 62.6 Å². The highest BCUT2D eigenvalue weighted by atomic mass is 32.1. The number of aromatic amines is 1. The van der Waals surface area contributed by atoms with E-state index in [-0.39, 0.29) is 0 Å². The molecule has 0 aliphatic rings. The van der Waals surface area contributed by atoms with Gasteiger partial charge < -0.3 is 4.98 Å². The van der Waals surface area contributed by atoms with Gasteiger partial charge in [-0.1, -0.05) is 0 Å². The van der Waals surface area contributed by atoms with Gasteiger partial charge in [0.05, 0.1) is 4.88 Å². The minimum atomic E-state index is 0.867. The maximum Gasteiger partial charge on any atom is 0.148 e. The molecular weight excluding hydrogens is 144 g/mol. The van der Waals surface area contributed by atoms with Gasteiger partial charge in [0.2, 0.25) is 0 Å². The van der Waals surface area contributed by atoms with E-state index < -0.39 is 0 Å². The predicted octanol–water partition coefficient (Wildman–Crippen LogP) is 1.74. The molecule has 0 fully saturated rings. The largest absolute Gasteiger partial charge is 0.343 e. The monoisotopic (exact) mass is 148 g/mol. The van der Waals surface area contributed by atoms with Gasteiger partial charge >= 0.3 is 0 Å². The Morgan fingerprint density at radius 3 is 3.20 bits per heavy atom. The van der Waals surface area contributed by atoms with Crippen LogP contribution in [0, 0.1) is 11.6 Å². The molecule has 0 bridgehead atoms. The first-order valence-corrected chi connectivity index (χ1v) is 3.66. The average molecular weight is 148 g/mol. The molecule has 0 saturated carbocycles. The Hall–Kier alpha value is -1.09. The third kappa shape index (κ3) is 0.844. The molecular formula is C7H4N2S. The molecule has 10 heavy (non-hydrogen) atoms. The number of aromatic nitrogens is 2. The van der Waals surface area contributed by atoms with E-state index in [0.717, 1.165) is 10.7 Å². The second kappa shape index (κ2) is 2.27. The van der Waals surface area contributed by atoms with E-state index in [1.54, 1.807) is 17.5 Å². The first kappa shape index (κ1) is 5.68. The molecule has 2 radical (unpaired) electrons. The highest BCUT2D eigenvalue weighted by Crippen LogP contribution is 2.18. The number of nitrogens with zero attached hydrogens (tertiary/aromatic N) is 1. The first-order chi connectivity index (χ1) is 4.97. The summed E-state index contributed by atoms with van der Waals surface area (Å²) in [4.78, 5) is 8.03. The molecule has 0 atom stereocenters. The second-order valence-corrected chi connectivity index (χ2v) is 2.68. The zero-order chi connectivity index (χ0) is 6.81. The number of H-pyrrole nitrogens is 1. The van der Waals surface area contributed by atoms with Crippen LogP contribution in [0.2, 0.25) is 0 Å². The summed E-state index contributed by atoms with van der Waals surface area (Å²) in [6, 6.07) is 3.85. The minimum absolute atomic E-state index is 0.867. The van der Waals surface area contributed by atoms with Gasteiger partial charge in [0.15, 0.2) is 0 Å². The molecule has 2 aromatic rings. The van der Waals surface area contributed by atoms with Crippen LogP contribution >= 0.6 is 11.3 Å². The third-order valence-electron chi connectivity index (χ3n) is 1.15. The van der Waals surface area contributed by atoms with Crippen LogP contribution in [0.15, 0.2) is 18.3 Å². The van der Waals surface area contributed by atoms with Crippen molar-refractivity contribution in [2.45, 2.75) is 0 Å². The number of rotatable bonds is 1. The van der Waals surface area contributed by atoms with Crippen LogP contribution in [-0.4, -0.2) is 9.97 Å². The van der Waals surface area contributed by atoms with E-state index in [1.807, 2.05) is 12.1 Å². The van der Waals surface area contributed by atoms with E-state index in [4.69, 9.17) is 0 Å². The normalized spacial score (nSPS) is 10.0. The molecule has 0 spiro atoms. The van der Waals surface area contributed by atoms with Crippen LogP contribution in [0.5, 0.6) is 0 Å². The van der Waals surface area contributed by atoms with Gasteiger partial charge in [-0.15, -0.1) is 11.3 Å². The molecule has 0 aliphatic heterocycles. The molecule has 0 saturated heterocycles. The van der Waals surface area contributed by atoms with Crippen molar-refractivity contribution in [3.63, 3.8) is 0 Å². The third-order valence-corrected chi connectivity index (χ3v) is 1.96. The summed E-state index contributed by atoms with van der Waals surface area (Å²) < 4.78 is 0. The van der Waals surface area contributed by atoms with Crippen LogP contribution in [0.25, 0.3) is 10.7 Å². The first-order valence-electron chi connectivity index (χ1n) is 2.84. The maximum atomic E-state index is 3.97. The Kier molecular flexibility index (Phi) is 1.29. The Morgan fingerprint density at radius 2 is 2.60 bits per heavy atom. The quantitative estimate of drug-likeness (QED) is 0.655. The summed E-state index contributed by atoms with van der Waals surface area (Å²) in [5.74, 6) is 0.867. The lowest BCUT2D eigenvalue weighted by molar-refractivity contribution is 1.33. The Bertz CT molecular complexity index is 251. The van der Waals surface area contributed by atoms with Crippen LogP contribution < -0.4 is 0 Å². The minimum Gasteiger partial charge on any atom is -0.343 e. The van der Waals surface area contributed by atoms with E-state index in [9.17, 15) is 0 Å². The van der Waals surface area contributed by atoms with Gasteiger partial charge in [0, 0.05) is 11.6 Å². The topological polar surface area (TPSA) is 28.7 Å². The van der Waals surface area contributed by atoms with Gasteiger partial charge in [-0.25, -0.2) is 4.98 Å². The fourth-order valence-electron chi connectivity index (χ4n) is 0.724. The zero-order valence-corrected chi connectivity index (χ0v) is 5.90. The fraction of sp³-hybridized carbons (Fsp3) is 0. The van der Waals surface area contributed by atoms with E-state index in [0.29, 0.717) is 0 Å². The smallest absolute Gasteiger partial charge is 0.148 e. The number of hydrogen-bond donors (Lipinski definition) is 1. The van der Waals surface area contributed by atoms with E-state index in [1.165, 1.54) is 0 Å². The Morgan fingerprint density at radius 1 is 1.60 bits per heavy atom. The Balaban J connectivity index is 2.48. The van der Waals surface area contributed by atoms with Crippen molar-refractivity contribution in [1.29, 1.82) is 0 Å². The van der Waals surface area contributed by atoms with Gasteiger partial charge in [0.25, 0.3) is 0 Å². The van der Waals surface area contributed by atoms with Gasteiger partial charge in [-0.05, 0) is 12.1 Å². The molecule has 2 heterocycles. The zero-order valence-electron chi connectivity index (χ0n) is 5.09. The second-order valence-electron chi connectivity index (χ2n) is 1.80. The molecule has 0 aliphatic carbocycles. The van der Waals surface area contributed by atoms with Gasteiger partial charge in [0.1, 0.15) is 12.0 Å². The SMILES string of the molecule is [c]1c[nH]c(-c2cc[c]s2)n1. The molecule has 2 nitrogen and oxygen atoms in total. The van der Waals surface area contributed by atoms with Crippen molar-refractivity contribution < 1.29 is 0 Å². The van der Waals surface area contributed by atoms with Crippen molar-refractivity contribution in [1.82, 2.24) is 9.97 Å². The van der Waals surface area contributed by atoms with Crippen molar-refractivity contribution in [3.05, 3.63) is 29.9 Å². The maximum absolute atomic E-state index is 3.97. The van der Waals surface area contributed by atoms with Crippen molar-refractivity contribution >= 4 is 11.3 Å².